The van der Waals surface area contributed by atoms with Crippen LogP contribution in [0.25, 0.3) is 11.0 Å². The van der Waals surface area contributed by atoms with Gasteiger partial charge in [0.05, 0.1) is 17.6 Å². The Bertz CT molecular complexity index is 1120. The lowest BCUT2D eigenvalue weighted by Crippen LogP contribution is -2.64. The van der Waals surface area contributed by atoms with Gasteiger partial charge in [-0.1, -0.05) is 37.5 Å². The lowest BCUT2D eigenvalue weighted by Gasteiger charge is -2.44. The van der Waals surface area contributed by atoms with Gasteiger partial charge in [0, 0.05) is 25.0 Å². The molecule has 0 unspecified atom stereocenters. The maximum atomic E-state index is 13.6. The van der Waals surface area contributed by atoms with Gasteiger partial charge in [-0.05, 0) is 43.5 Å². The number of carbonyl (C=O) groups is 2. The first kappa shape index (κ1) is 19.7. The molecule has 1 aliphatic heterocycles. The second-order valence-corrected chi connectivity index (χ2v) is 8.85. The second-order valence-electron chi connectivity index (χ2n) is 8.85. The zero-order valence-corrected chi connectivity index (χ0v) is 17.8. The Morgan fingerprint density at radius 3 is 2.74 bits per heavy atom. The molecule has 7 heteroatoms. The Hall–Kier alpha value is -3.22. The average molecular weight is 418 g/mol. The van der Waals surface area contributed by atoms with Gasteiger partial charge < -0.3 is 14.8 Å². The van der Waals surface area contributed by atoms with E-state index in [0.717, 1.165) is 42.3 Å². The SMILES string of the molecule is C[C@]1(C(=O)NC2CCCCC2)Cn2c(nc3ccccc32)C(=O)N1Cc1cccnc1. The highest BCUT2D eigenvalue weighted by molar-refractivity contribution is 6.01. The minimum absolute atomic E-state index is 0.0972. The number of carbonyl (C=O) groups excluding carboxylic acids is 2. The molecule has 0 spiro atoms. The summed E-state index contributed by atoms with van der Waals surface area (Å²) in [5.41, 5.74) is 1.51. The topological polar surface area (TPSA) is 80.1 Å². The highest BCUT2D eigenvalue weighted by atomic mass is 16.2. The fourth-order valence-electron chi connectivity index (χ4n) is 4.84. The molecule has 3 aromatic rings. The molecule has 2 aromatic heterocycles. The lowest BCUT2D eigenvalue weighted by molar-refractivity contribution is -0.134. The number of nitrogens with zero attached hydrogens (tertiary/aromatic N) is 4. The molecule has 1 aromatic carbocycles. The van der Waals surface area contributed by atoms with E-state index in [4.69, 9.17) is 0 Å². The molecule has 0 radical (unpaired) electrons. The summed E-state index contributed by atoms with van der Waals surface area (Å²) in [7, 11) is 0. The largest absolute Gasteiger partial charge is 0.351 e. The zero-order valence-electron chi connectivity index (χ0n) is 17.8. The van der Waals surface area contributed by atoms with Crippen molar-refractivity contribution in [2.24, 2.45) is 0 Å². The highest BCUT2D eigenvalue weighted by Crippen LogP contribution is 2.32. The molecule has 0 bridgehead atoms. The highest BCUT2D eigenvalue weighted by Gasteiger charge is 2.48. The molecule has 3 heterocycles. The molecular weight excluding hydrogens is 390 g/mol. The molecule has 1 atom stereocenters. The van der Waals surface area contributed by atoms with Gasteiger partial charge in [-0.25, -0.2) is 4.98 Å². The third-order valence-electron chi connectivity index (χ3n) is 6.65. The summed E-state index contributed by atoms with van der Waals surface area (Å²) < 4.78 is 1.90. The number of hydrogen-bond acceptors (Lipinski definition) is 4. The van der Waals surface area contributed by atoms with Crippen molar-refractivity contribution in [1.82, 2.24) is 24.8 Å². The fraction of sp³-hybridized carbons (Fsp3) is 0.417. The maximum absolute atomic E-state index is 13.6. The summed E-state index contributed by atoms with van der Waals surface area (Å²) in [5, 5.41) is 3.25. The maximum Gasteiger partial charge on any atom is 0.291 e. The van der Waals surface area contributed by atoms with E-state index < -0.39 is 5.54 Å². The van der Waals surface area contributed by atoms with Crippen LogP contribution in [-0.2, 0) is 17.9 Å². The molecule has 1 aliphatic carbocycles. The standard InChI is InChI=1S/C24H27N5O2/c1-24(23(31)26-18-9-3-2-4-10-18)16-28-20-12-6-5-11-19(20)27-21(28)22(30)29(24)15-17-8-7-13-25-14-17/h5-8,11-14,18H,2-4,9-10,15-16H2,1H3,(H,26,31)/t24-/m1/s1. The van der Waals surface area contributed by atoms with E-state index in [9.17, 15) is 9.59 Å². The molecule has 31 heavy (non-hydrogen) atoms. The van der Waals surface area contributed by atoms with Crippen molar-refractivity contribution in [3.63, 3.8) is 0 Å². The monoisotopic (exact) mass is 417 g/mol. The Kier molecular flexibility index (Phi) is 4.96. The molecule has 0 saturated heterocycles. The number of aromatic nitrogens is 3. The van der Waals surface area contributed by atoms with Crippen LogP contribution in [0.15, 0.2) is 48.8 Å². The van der Waals surface area contributed by atoms with Gasteiger partial charge in [0.1, 0.15) is 5.54 Å². The van der Waals surface area contributed by atoms with Gasteiger partial charge in [0.2, 0.25) is 5.91 Å². The first-order valence-corrected chi connectivity index (χ1v) is 11.0. The van der Waals surface area contributed by atoms with Gasteiger partial charge in [0.25, 0.3) is 5.91 Å². The predicted octanol–water partition coefficient (Wildman–Crippen LogP) is 3.29. The Labute approximate surface area is 181 Å². The minimum atomic E-state index is -1.03. The van der Waals surface area contributed by atoms with Crippen molar-refractivity contribution < 1.29 is 9.59 Å². The molecule has 1 N–H and O–H groups in total. The molecule has 1 fully saturated rings. The van der Waals surface area contributed by atoms with Crippen LogP contribution >= 0.6 is 0 Å². The van der Waals surface area contributed by atoms with Gasteiger partial charge >= 0.3 is 0 Å². The normalized spacial score (nSPS) is 21.8. The zero-order chi connectivity index (χ0) is 21.4. The van der Waals surface area contributed by atoms with Gasteiger partial charge in [-0.2, -0.15) is 0 Å². The van der Waals surface area contributed by atoms with E-state index in [-0.39, 0.29) is 17.9 Å². The third kappa shape index (κ3) is 3.48. The van der Waals surface area contributed by atoms with Gasteiger partial charge in [0.15, 0.2) is 5.82 Å². The number of para-hydroxylation sites is 2. The molecule has 5 rings (SSSR count). The van der Waals surface area contributed by atoms with E-state index in [1.54, 1.807) is 17.3 Å². The van der Waals surface area contributed by atoms with Crippen LogP contribution in [0.3, 0.4) is 0 Å². The van der Waals surface area contributed by atoms with Gasteiger partial charge in [-0.15, -0.1) is 0 Å². The molecule has 160 valence electrons. The number of benzene rings is 1. The van der Waals surface area contributed by atoms with E-state index >= 15 is 0 Å². The fourth-order valence-corrected chi connectivity index (χ4v) is 4.84. The van der Waals surface area contributed by atoms with E-state index in [1.165, 1.54) is 6.42 Å². The number of nitrogens with one attached hydrogen (secondary N) is 1. The lowest BCUT2D eigenvalue weighted by atomic mass is 9.91. The molecule has 1 saturated carbocycles. The predicted molar refractivity (Wildman–Crippen MR) is 117 cm³/mol. The van der Waals surface area contributed by atoms with Crippen LogP contribution < -0.4 is 5.32 Å². The van der Waals surface area contributed by atoms with Crippen molar-refractivity contribution in [2.75, 3.05) is 0 Å². The van der Waals surface area contributed by atoms with Gasteiger partial charge in [-0.3, -0.25) is 14.6 Å². The van der Waals surface area contributed by atoms with Crippen LogP contribution in [0.1, 0.15) is 55.2 Å². The summed E-state index contributed by atoms with van der Waals surface area (Å²) >= 11 is 0. The number of imidazole rings is 1. The first-order valence-electron chi connectivity index (χ1n) is 11.0. The third-order valence-corrected chi connectivity index (χ3v) is 6.65. The summed E-state index contributed by atoms with van der Waals surface area (Å²) in [4.78, 5) is 37.7. The van der Waals surface area contributed by atoms with E-state index in [2.05, 4.69) is 15.3 Å². The quantitative estimate of drug-likeness (QED) is 0.706. The van der Waals surface area contributed by atoms with Crippen LogP contribution in [-0.4, -0.2) is 42.8 Å². The van der Waals surface area contributed by atoms with Crippen molar-refractivity contribution in [3.05, 3.63) is 60.2 Å². The number of pyridine rings is 1. The molecule has 7 nitrogen and oxygen atoms in total. The van der Waals surface area contributed by atoms with Crippen molar-refractivity contribution >= 4 is 22.8 Å². The van der Waals surface area contributed by atoms with E-state index in [0.29, 0.717) is 18.9 Å². The second kappa shape index (κ2) is 7.80. The summed E-state index contributed by atoms with van der Waals surface area (Å²) in [5.74, 6) is 0.0562. The Morgan fingerprint density at radius 2 is 1.97 bits per heavy atom. The minimum Gasteiger partial charge on any atom is -0.351 e. The van der Waals surface area contributed by atoms with Crippen molar-refractivity contribution in [1.29, 1.82) is 0 Å². The number of fused-ring (bicyclic) bond motifs is 3. The first-order chi connectivity index (χ1) is 15.1. The summed E-state index contributed by atoms with van der Waals surface area (Å²) in [6.07, 6.45) is 8.93. The Morgan fingerprint density at radius 1 is 1.16 bits per heavy atom. The van der Waals surface area contributed by atoms with Crippen molar-refractivity contribution in [3.8, 4) is 0 Å². The number of rotatable bonds is 4. The van der Waals surface area contributed by atoms with Crippen LogP contribution in [0.4, 0.5) is 0 Å². The molecular formula is C24H27N5O2. The number of hydrogen-bond donors (Lipinski definition) is 1. The Balaban J connectivity index is 1.55. The molecule has 2 amide bonds. The number of amides is 2. The van der Waals surface area contributed by atoms with Crippen LogP contribution in [0, 0.1) is 0 Å². The average Bonchev–Trinajstić information content (AvgIpc) is 3.16. The van der Waals surface area contributed by atoms with Crippen LogP contribution in [0.5, 0.6) is 0 Å². The summed E-state index contributed by atoms with van der Waals surface area (Å²) in [6.45, 7) is 2.55. The molecule has 2 aliphatic rings. The van der Waals surface area contributed by atoms with Crippen molar-refractivity contribution in [2.45, 2.75) is 63.7 Å². The van der Waals surface area contributed by atoms with E-state index in [1.807, 2.05) is 47.9 Å². The summed E-state index contributed by atoms with van der Waals surface area (Å²) in [6, 6.07) is 11.6. The van der Waals surface area contributed by atoms with Crippen LogP contribution in [0.2, 0.25) is 0 Å². The smallest absolute Gasteiger partial charge is 0.291 e.